The second-order valence-corrected chi connectivity index (χ2v) is 7.49. The Morgan fingerprint density at radius 2 is 1.90 bits per heavy atom. The number of halogens is 1. The molecule has 1 saturated heterocycles. The van der Waals surface area contributed by atoms with E-state index in [4.69, 9.17) is 9.47 Å². The second kappa shape index (κ2) is 10.5. The summed E-state index contributed by atoms with van der Waals surface area (Å²) in [7, 11) is 1.62. The van der Waals surface area contributed by atoms with Gasteiger partial charge < -0.3 is 19.5 Å². The van der Waals surface area contributed by atoms with Crippen LogP contribution < -0.4 is 9.64 Å². The molecule has 0 bridgehead atoms. The van der Waals surface area contributed by atoms with Crippen LogP contribution in [0.1, 0.15) is 22.8 Å². The van der Waals surface area contributed by atoms with E-state index in [2.05, 4.69) is 4.90 Å². The maximum Gasteiger partial charge on any atom is 0.159 e. The number of carbonyl (C=O) groups excluding carboxylic acids is 1. The van der Waals surface area contributed by atoms with Crippen LogP contribution in [0.5, 0.6) is 5.75 Å². The molecule has 6 nitrogen and oxygen atoms in total. The number of nitrogens with zero attached hydrogens (tertiary/aromatic N) is 2. The summed E-state index contributed by atoms with van der Waals surface area (Å²) in [6.45, 7) is 5.30. The monoisotopic (exact) mass is 416 g/mol. The molecule has 3 rings (SSSR count). The Balaban J connectivity index is 1.42. The Morgan fingerprint density at radius 1 is 1.17 bits per heavy atom. The average Bonchev–Trinajstić information content (AvgIpc) is 2.74. The van der Waals surface area contributed by atoms with E-state index in [-0.39, 0.29) is 18.2 Å². The van der Waals surface area contributed by atoms with Crippen LogP contribution in [-0.2, 0) is 11.3 Å². The summed E-state index contributed by atoms with van der Waals surface area (Å²) >= 11 is 0. The van der Waals surface area contributed by atoms with Gasteiger partial charge in [0.2, 0.25) is 0 Å². The molecule has 1 atom stereocenters. The van der Waals surface area contributed by atoms with E-state index >= 15 is 0 Å². The van der Waals surface area contributed by atoms with Crippen molar-refractivity contribution in [2.75, 3.05) is 51.3 Å². The van der Waals surface area contributed by atoms with Crippen LogP contribution in [0.2, 0.25) is 0 Å². The Hall–Kier alpha value is -2.48. The molecule has 30 heavy (non-hydrogen) atoms. The molecule has 0 spiro atoms. The number of Topliss-reactive ketones (excluding diaryl/α,β-unsaturated/α-hetero) is 1. The Bertz CT molecular complexity index is 853. The minimum atomic E-state index is -0.599. The Kier molecular flexibility index (Phi) is 7.79. The zero-order valence-electron chi connectivity index (χ0n) is 17.5. The molecule has 1 N–H and O–H groups in total. The highest BCUT2D eigenvalue weighted by atomic mass is 19.1. The van der Waals surface area contributed by atoms with Gasteiger partial charge >= 0.3 is 0 Å². The second-order valence-electron chi connectivity index (χ2n) is 7.49. The fourth-order valence-electron chi connectivity index (χ4n) is 3.63. The first-order valence-electron chi connectivity index (χ1n) is 10.1. The number of rotatable bonds is 9. The lowest BCUT2D eigenvalue weighted by molar-refractivity contribution is 0.00864. The molecule has 2 aromatic rings. The summed E-state index contributed by atoms with van der Waals surface area (Å²) in [6.07, 6.45) is -0.599. The number of β-amino-alcohol motifs (C(OH)–C–C–N with tert-alkyl or cyclic N) is 1. The number of hydrogen-bond donors (Lipinski definition) is 1. The van der Waals surface area contributed by atoms with Gasteiger partial charge in [-0.15, -0.1) is 0 Å². The largest absolute Gasteiger partial charge is 0.496 e. The Morgan fingerprint density at radius 3 is 2.57 bits per heavy atom. The van der Waals surface area contributed by atoms with E-state index < -0.39 is 6.10 Å². The third kappa shape index (κ3) is 5.78. The van der Waals surface area contributed by atoms with Crippen molar-refractivity contribution >= 4 is 11.5 Å². The maximum absolute atomic E-state index is 14.4. The predicted octanol–water partition coefficient (Wildman–Crippen LogP) is 2.74. The van der Waals surface area contributed by atoms with E-state index in [0.717, 1.165) is 24.4 Å². The quantitative estimate of drug-likeness (QED) is 0.635. The molecule has 1 fully saturated rings. The predicted molar refractivity (Wildman–Crippen MR) is 114 cm³/mol. The third-order valence-electron chi connectivity index (χ3n) is 5.30. The number of hydrogen-bond acceptors (Lipinski definition) is 6. The smallest absolute Gasteiger partial charge is 0.159 e. The van der Waals surface area contributed by atoms with Crippen molar-refractivity contribution in [3.8, 4) is 5.75 Å². The van der Waals surface area contributed by atoms with Crippen molar-refractivity contribution < 1.29 is 23.8 Å². The zero-order chi connectivity index (χ0) is 21.5. The lowest BCUT2D eigenvalue weighted by Gasteiger charge is -2.37. The van der Waals surface area contributed by atoms with Crippen LogP contribution in [-0.4, -0.2) is 68.3 Å². The SMILES string of the molecule is COc1ccccc1COCC(O)CN1CCN(c2ccc(C(C)=O)cc2F)CC1. The van der Waals surface area contributed by atoms with Crippen molar-refractivity contribution in [2.45, 2.75) is 19.6 Å². The lowest BCUT2D eigenvalue weighted by atomic mass is 10.1. The van der Waals surface area contributed by atoms with Gasteiger partial charge in [0.1, 0.15) is 11.6 Å². The molecule has 0 radical (unpaired) electrons. The van der Waals surface area contributed by atoms with Crippen LogP contribution in [0, 0.1) is 5.82 Å². The van der Waals surface area contributed by atoms with E-state index in [9.17, 15) is 14.3 Å². The summed E-state index contributed by atoms with van der Waals surface area (Å²) in [4.78, 5) is 15.5. The van der Waals surface area contributed by atoms with Crippen molar-refractivity contribution in [1.29, 1.82) is 0 Å². The molecule has 1 unspecified atom stereocenters. The van der Waals surface area contributed by atoms with Crippen molar-refractivity contribution in [1.82, 2.24) is 4.90 Å². The number of carbonyl (C=O) groups is 1. The molecule has 0 saturated carbocycles. The topological polar surface area (TPSA) is 62.2 Å². The number of ether oxygens (including phenoxy) is 2. The van der Waals surface area contributed by atoms with Crippen LogP contribution >= 0.6 is 0 Å². The highest BCUT2D eigenvalue weighted by Gasteiger charge is 2.21. The fourth-order valence-corrected chi connectivity index (χ4v) is 3.63. The molecule has 162 valence electrons. The molecule has 1 aliphatic heterocycles. The Labute approximate surface area is 176 Å². The molecular formula is C23H29FN2O4. The lowest BCUT2D eigenvalue weighted by Crippen LogP contribution is -2.49. The van der Waals surface area contributed by atoms with E-state index in [0.29, 0.717) is 37.5 Å². The van der Waals surface area contributed by atoms with Gasteiger partial charge in [-0.25, -0.2) is 4.39 Å². The molecule has 1 heterocycles. The van der Waals surface area contributed by atoms with Gasteiger partial charge in [0.25, 0.3) is 0 Å². The summed E-state index contributed by atoms with van der Waals surface area (Å²) in [5.74, 6) is 0.250. The molecule has 7 heteroatoms. The van der Waals surface area contributed by atoms with Crippen LogP contribution in [0.25, 0.3) is 0 Å². The van der Waals surface area contributed by atoms with Crippen molar-refractivity contribution in [3.05, 3.63) is 59.4 Å². The number of benzene rings is 2. The first-order chi connectivity index (χ1) is 14.5. The first-order valence-corrected chi connectivity index (χ1v) is 10.1. The summed E-state index contributed by atoms with van der Waals surface area (Å²) in [6, 6.07) is 12.3. The number of aliphatic hydroxyl groups is 1. The number of methoxy groups -OCH3 is 1. The average molecular weight is 416 g/mol. The van der Waals surface area contributed by atoms with Gasteiger partial charge in [-0.3, -0.25) is 9.69 Å². The molecule has 2 aromatic carbocycles. The van der Waals surface area contributed by atoms with Gasteiger partial charge in [-0.05, 0) is 31.2 Å². The van der Waals surface area contributed by atoms with E-state index in [1.807, 2.05) is 29.2 Å². The number of para-hydroxylation sites is 1. The number of anilines is 1. The summed E-state index contributed by atoms with van der Waals surface area (Å²) in [5, 5.41) is 10.3. The highest BCUT2D eigenvalue weighted by Crippen LogP contribution is 2.22. The van der Waals surface area contributed by atoms with E-state index in [1.165, 1.54) is 13.0 Å². The number of aliphatic hydroxyl groups excluding tert-OH is 1. The molecule has 0 aromatic heterocycles. The van der Waals surface area contributed by atoms with E-state index in [1.54, 1.807) is 19.2 Å². The van der Waals surface area contributed by atoms with Gasteiger partial charge in [0.05, 0.1) is 32.1 Å². The highest BCUT2D eigenvalue weighted by molar-refractivity contribution is 5.94. The number of ketones is 1. The minimum Gasteiger partial charge on any atom is -0.496 e. The van der Waals surface area contributed by atoms with Gasteiger partial charge in [-0.2, -0.15) is 0 Å². The molecule has 1 aliphatic rings. The normalized spacial score (nSPS) is 15.8. The van der Waals surface area contributed by atoms with Crippen molar-refractivity contribution in [2.24, 2.45) is 0 Å². The van der Waals surface area contributed by atoms with Crippen LogP contribution in [0.4, 0.5) is 10.1 Å². The van der Waals surface area contributed by atoms with Gasteiger partial charge in [0, 0.05) is 43.9 Å². The van der Waals surface area contributed by atoms with Crippen LogP contribution in [0.3, 0.4) is 0 Å². The minimum absolute atomic E-state index is 0.146. The molecular weight excluding hydrogens is 387 g/mol. The first kappa shape index (κ1) is 22.2. The van der Waals surface area contributed by atoms with Crippen LogP contribution in [0.15, 0.2) is 42.5 Å². The summed E-state index contributed by atoms with van der Waals surface area (Å²) in [5.41, 5.74) is 1.84. The fraction of sp³-hybridized carbons (Fsp3) is 0.435. The number of piperazine rings is 1. The standard InChI is InChI=1S/C23H29FN2O4/c1-17(27)18-7-8-22(21(24)13-18)26-11-9-25(10-12-26)14-20(28)16-30-15-19-5-3-4-6-23(19)29-2/h3-8,13,20,28H,9-12,14-16H2,1-2H3. The van der Waals surface area contributed by atoms with Gasteiger partial charge in [-0.1, -0.05) is 18.2 Å². The molecule has 0 amide bonds. The zero-order valence-corrected chi connectivity index (χ0v) is 17.5. The van der Waals surface area contributed by atoms with Gasteiger partial charge in [0.15, 0.2) is 5.78 Å². The maximum atomic E-state index is 14.4. The molecule has 0 aliphatic carbocycles. The third-order valence-corrected chi connectivity index (χ3v) is 5.30. The summed E-state index contributed by atoms with van der Waals surface area (Å²) < 4.78 is 25.3. The van der Waals surface area contributed by atoms with Crippen molar-refractivity contribution in [3.63, 3.8) is 0 Å².